The third-order valence-corrected chi connectivity index (χ3v) is 7.64. The lowest BCUT2D eigenvalue weighted by Gasteiger charge is -2.23. The van der Waals surface area contributed by atoms with Crippen LogP contribution in [0.5, 0.6) is 11.5 Å². The molecule has 3 aromatic carbocycles. The van der Waals surface area contributed by atoms with Crippen molar-refractivity contribution < 1.29 is 24.5 Å². The van der Waals surface area contributed by atoms with Gasteiger partial charge in [0.15, 0.2) is 16.6 Å². The number of thiazole rings is 1. The number of methoxy groups -OCH3 is 1. The summed E-state index contributed by atoms with van der Waals surface area (Å²) in [6, 6.07) is 13.2. The van der Waals surface area contributed by atoms with Crippen molar-refractivity contribution in [3.8, 4) is 11.5 Å². The van der Waals surface area contributed by atoms with Crippen LogP contribution >= 0.6 is 11.3 Å². The van der Waals surface area contributed by atoms with Crippen LogP contribution in [-0.2, 0) is 9.59 Å². The van der Waals surface area contributed by atoms with E-state index < -0.39 is 17.7 Å². The Morgan fingerprint density at radius 1 is 0.973 bits per heavy atom. The number of ketones is 1. The average molecular weight is 515 g/mol. The number of aromatic nitrogens is 1. The maximum Gasteiger partial charge on any atom is 0.301 e. The molecule has 188 valence electrons. The molecule has 2 N–H and O–H groups in total. The van der Waals surface area contributed by atoms with Gasteiger partial charge in [0.05, 0.1) is 28.9 Å². The van der Waals surface area contributed by atoms with Crippen molar-refractivity contribution in [2.45, 2.75) is 33.7 Å². The minimum absolute atomic E-state index is 0.0430. The van der Waals surface area contributed by atoms with Crippen LogP contribution < -0.4 is 9.64 Å². The first-order chi connectivity index (χ1) is 17.6. The van der Waals surface area contributed by atoms with Gasteiger partial charge in [0.1, 0.15) is 5.76 Å². The van der Waals surface area contributed by atoms with Crippen LogP contribution in [0, 0.1) is 27.7 Å². The van der Waals surface area contributed by atoms with Crippen LogP contribution in [0.2, 0.25) is 0 Å². The molecular formula is C29H26N2O5S. The van der Waals surface area contributed by atoms with E-state index in [2.05, 4.69) is 0 Å². The van der Waals surface area contributed by atoms with E-state index in [1.54, 1.807) is 18.2 Å². The number of hydrogen-bond acceptors (Lipinski definition) is 7. The SMILES string of the molecule is COc1cc(C2C(=C(O)c3cc(C)ccc3C)C(=O)C(=O)N2c2nc3c(C)cc(C)cc3s2)ccc1O. The van der Waals surface area contributed by atoms with E-state index in [0.29, 0.717) is 16.3 Å². The Labute approximate surface area is 218 Å². The Morgan fingerprint density at radius 3 is 2.46 bits per heavy atom. The van der Waals surface area contributed by atoms with E-state index in [9.17, 15) is 19.8 Å². The van der Waals surface area contributed by atoms with Crippen LogP contribution in [0.25, 0.3) is 16.0 Å². The Balaban J connectivity index is 1.79. The number of ether oxygens (including phenoxy) is 1. The molecule has 1 aliphatic heterocycles. The largest absolute Gasteiger partial charge is 0.507 e. The number of aliphatic hydroxyl groups excluding tert-OH is 1. The van der Waals surface area contributed by atoms with E-state index in [0.717, 1.165) is 32.5 Å². The highest BCUT2D eigenvalue weighted by atomic mass is 32.1. The quantitative estimate of drug-likeness (QED) is 0.201. The monoisotopic (exact) mass is 514 g/mol. The Kier molecular flexibility index (Phi) is 6.00. The topological polar surface area (TPSA) is 100.0 Å². The molecule has 0 spiro atoms. The van der Waals surface area contributed by atoms with Gasteiger partial charge in [-0.05, 0) is 74.2 Å². The summed E-state index contributed by atoms with van der Waals surface area (Å²) < 4.78 is 6.20. The van der Waals surface area contributed by atoms with Crippen molar-refractivity contribution in [3.63, 3.8) is 0 Å². The third kappa shape index (κ3) is 4.03. The highest BCUT2D eigenvalue weighted by Gasteiger charge is 2.48. The van der Waals surface area contributed by atoms with E-state index >= 15 is 0 Å². The highest BCUT2D eigenvalue weighted by molar-refractivity contribution is 7.22. The molecule has 1 unspecified atom stereocenters. The number of phenols is 1. The van der Waals surface area contributed by atoms with Crippen molar-refractivity contribution >= 4 is 44.1 Å². The number of anilines is 1. The Bertz CT molecular complexity index is 1640. The molecule has 4 aromatic rings. The van der Waals surface area contributed by atoms with Crippen molar-refractivity contribution in [3.05, 3.63) is 87.5 Å². The lowest BCUT2D eigenvalue weighted by Crippen LogP contribution is -2.29. The number of hydrogen-bond donors (Lipinski definition) is 2. The minimum atomic E-state index is -0.976. The van der Waals surface area contributed by atoms with Crippen molar-refractivity contribution in [1.82, 2.24) is 4.98 Å². The standard InChI is InChI=1S/C29H26N2O5S/c1-14-6-7-16(3)19(11-14)26(33)23-25(18-8-9-20(32)21(13-18)36-5)31(28(35)27(23)34)29-30-24-17(4)10-15(2)12-22(24)37-29/h6-13,25,32-33H,1-5H3. The maximum absolute atomic E-state index is 13.6. The zero-order valence-corrected chi connectivity index (χ0v) is 21.9. The van der Waals surface area contributed by atoms with Gasteiger partial charge in [0.25, 0.3) is 5.78 Å². The van der Waals surface area contributed by atoms with Gasteiger partial charge in [-0.3, -0.25) is 14.5 Å². The molecule has 1 fully saturated rings. The van der Waals surface area contributed by atoms with Gasteiger partial charge in [-0.25, -0.2) is 4.98 Å². The van der Waals surface area contributed by atoms with E-state index in [1.165, 1.54) is 29.4 Å². The van der Waals surface area contributed by atoms with E-state index in [-0.39, 0.29) is 22.8 Å². The summed E-state index contributed by atoms with van der Waals surface area (Å²) in [5.74, 6) is -1.73. The predicted octanol–water partition coefficient (Wildman–Crippen LogP) is 5.87. The number of aryl methyl sites for hydroxylation is 4. The second-order valence-electron chi connectivity index (χ2n) is 9.34. The fraction of sp³-hybridized carbons (Fsp3) is 0.207. The van der Waals surface area contributed by atoms with Gasteiger partial charge in [-0.1, -0.05) is 41.2 Å². The molecule has 1 saturated heterocycles. The molecule has 1 atom stereocenters. The Morgan fingerprint density at radius 2 is 1.73 bits per heavy atom. The van der Waals surface area contributed by atoms with Gasteiger partial charge < -0.3 is 14.9 Å². The second-order valence-corrected chi connectivity index (χ2v) is 10.4. The molecule has 7 nitrogen and oxygen atoms in total. The van der Waals surface area contributed by atoms with Crippen LogP contribution in [0.4, 0.5) is 5.13 Å². The van der Waals surface area contributed by atoms with Crippen LogP contribution in [-0.4, -0.2) is 34.0 Å². The van der Waals surface area contributed by atoms with Crippen LogP contribution in [0.3, 0.4) is 0 Å². The van der Waals surface area contributed by atoms with Gasteiger partial charge in [-0.15, -0.1) is 0 Å². The first kappa shape index (κ1) is 24.5. The molecule has 1 amide bonds. The van der Waals surface area contributed by atoms with E-state index in [4.69, 9.17) is 9.72 Å². The van der Waals surface area contributed by atoms with Gasteiger partial charge in [-0.2, -0.15) is 0 Å². The molecule has 0 bridgehead atoms. The van der Waals surface area contributed by atoms with Gasteiger partial charge >= 0.3 is 5.91 Å². The second kappa shape index (κ2) is 9.05. The molecular weight excluding hydrogens is 488 g/mol. The molecule has 37 heavy (non-hydrogen) atoms. The number of fused-ring (bicyclic) bond motifs is 1. The first-order valence-corrected chi connectivity index (χ1v) is 12.6. The summed E-state index contributed by atoms with van der Waals surface area (Å²) in [5, 5.41) is 22.0. The van der Waals surface area contributed by atoms with Crippen molar-refractivity contribution in [2.75, 3.05) is 12.0 Å². The molecule has 0 aliphatic carbocycles. The van der Waals surface area contributed by atoms with Crippen molar-refractivity contribution in [1.29, 1.82) is 0 Å². The number of nitrogens with zero attached hydrogens (tertiary/aromatic N) is 2. The number of rotatable bonds is 4. The zero-order chi connectivity index (χ0) is 26.6. The fourth-order valence-electron chi connectivity index (χ4n) is 4.81. The molecule has 0 saturated carbocycles. The first-order valence-electron chi connectivity index (χ1n) is 11.7. The normalized spacial score (nSPS) is 17.1. The minimum Gasteiger partial charge on any atom is -0.507 e. The van der Waals surface area contributed by atoms with Gasteiger partial charge in [0.2, 0.25) is 0 Å². The number of Topliss-reactive ketones (excluding diaryl/α,β-unsaturated/α-hetero) is 1. The summed E-state index contributed by atoms with van der Waals surface area (Å²) in [7, 11) is 1.42. The van der Waals surface area contributed by atoms with Crippen molar-refractivity contribution in [2.24, 2.45) is 0 Å². The lowest BCUT2D eigenvalue weighted by atomic mass is 9.93. The Hall–Kier alpha value is -4.17. The zero-order valence-electron chi connectivity index (χ0n) is 21.1. The van der Waals surface area contributed by atoms with Crippen LogP contribution in [0.15, 0.2) is 54.1 Å². The summed E-state index contributed by atoms with van der Waals surface area (Å²) in [6.45, 7) is 7.67. The summed E-state index contributed by atoms with van der Waals surface area (Å²) in [6.07, 6.45) is 0. The van der Waals surface area contributed by atoms with Gasteiger partial charge in [0, 0.05) is 5.56 Å². The maximum atomic E-state index is 13.6. The number of phenolic OH excluding ortho intramolecular Hbond substituents is 1. The highest BCUT2D eigenvalue weighted by Crippen LogP contribution is 2.46. The van der Waals surface area contributed by atoms with E-state index in [1.807, 2.05) is 52.0 Å². The molecule has 1 aliphatic rings. The number of aliphatic hydroxyl groups is 1. The molecule has 5 rings (SSSR count). The molecule has 0 radical (unpaired) electrons. The predicted molar refractivity (Wildman–Crippen MR) is 144 cm³/mol. The van der Waals surface area contributed by atoms with Crippen LogP contribution in [0.1, 0.15) is 39.4 Å². The molecule has 8 heteroatoms. The average Bonchev–Trinajstić information content (AvgIpc) is 3.39. The molecule has 1 aromatic heterocycles. The smallest absolute Gasteiger partial charge is 0.301 e. The number of carbonyl (C=O) groups excluding carboxylic acids is 2. The molecule has 2 heterocycles. The summed E-state index contributed by atoms with van der Waals surface area (Å²) in [5.41, 5.74) is 5.38. The number of carbonyl (C=O) groups is 2. The summed E-state index contributed by atoms with van der Waals surface area (Å²) in [4.78, 5) is 33.2. The number of benzene rings is 3. The summed E-state index contributed by atoms with van der Waals surface area (Å²) >= 11 is 1.31. The third-order valence-electron chi connectivity index (χ3n) is 6.64. The number of aromatic hydroxyl groups is 1. The lowest BCUT2D eigenvalue weighted by molar-refractivity contribution is -0.132. The fourth-order valence-corrected chi connectivity index (χ4v) is 5.98. The number of amides is 1.